The topological polar surface area (TPSA) is 37.8 Å². The number of aryl methyl sites for hydroxylation is 1. The number of aromatic nitrogens is 2. The van der Waals surface area contributed by atoms with Crippen molar-refractivity contribution in [3.8, 4) is 0 Å². The zero-order chi connectivity index (χ0) is 12.8. The SMILES string of the molecule is CCCNC1CCCC(Sc2nc(CC)ns2)C1. The van der Waals surface area contributed by atoms with Crippen LogP contribution in [-0.2, 0) is 6.42 Å². The van der Waals surface area contributed by atoms with Gasteiger partial charge in [0.2, 0.25) is 0 Å². The van der Waals surface area contributed by atoms with Crippen LogP contribution in [0.2, 0.25) is 0 Å². The summed E-state index contributed by atoms with van der Waals surface area (Å²) in [4.78, 5) is 4.56. The highest BCUT2D eigenvalue weighted by Gasteiger charge is 2.23. The molecule has 3 nitrogen and oxygen atoms in total. The van der Waals surface area contributed by atoms with E-state index in [9.17, 15) is 0 Å². The molecule has 0 radical (unpaired) electrons. The summed E-state index contributed by atoms with van der Waals surface area (Å²) in [5.41, 5.74) is 0. The molecule has 1 aliphatic carbocycles. The number of rotatable bonds is 6. The molecule has 0 bridgehead atoms. The van der Waals surface area contributed by atoms with Crippen molar-refractivity contribution in [2.24, 2.45) is 0 Å². The molecule has 1 N–H and O–H groups in total. The van der Waals surface area contributed by atoms with Gasteiger partial charge in [-0.15, -0.1) is 0 Å². The second-order valence-corrected chi connectivity index (χ2v) is 7.19. The quantitative estimate of drug-likeness (QED) is 0.868. The monoisotopic (exact) mass is 285 g/mol. The third-order valence-electron chi connectivity index (χ3n) is 3.34. The zero-order valence-corrected chi connectivity index (χ0v) is 12.9. The van der Waals surface area contributed by atoms with Crippen LogP contribution in [0.3, 0.4) is 0 Å². The molecule has 102 valence electrons. The summed E-state index contributed by atoms with van der Waals surface area (Å²) in [6.45, 7) is 5.50. The summed E-state index contributed by atoms with van der Waals surface area (Å²) in [6.07, 6.45) is 7.47. The van der Waals surface area contributed by atoms with Gasteiger partial charge in [0.25, 0.3) is 0 Å². The van der Waals surface area contributed by atoms with E-state index in [0.29, 0.717) is 0 Å². The number of thioether (sulfide) groups is 1. The van der Waals surface area contributed by atoms with Crippen molar-refractivity contribution in [2.45, 2.75) is 68.0 Å². The predicted molar refractivity (Wildman–Crippen MR) is 79.5 cm³/mol. The molecule has 1 heterocycles. The Labute approximate surface area is 118 Å². The minimum Gasteiger partial charge on any atom is -0.314 e. The largest absolute Gasteiger partial charge is 0.314 e. The van der Waals surface area contributed by atoms with Crippen LogP contribution in [0.1, 0.15) is 51.8 Å². The summed E-state index contributed by atoms with van der Waals surface area (Å²) in [6, 6.07) is 0.717. The molecule has 1 aliphatic rings. The van der Waals surface area contributed by atoms with Crippen molar-refractivity contribution in [3.05, 3.63) is 5.82 Å². The average Bonchev–Trinajstić information content (AvgIpc) is 2.84. The van der Waals surface area contributed by atoms with Crippen LogP contribution in [-0.4, -0.2) is 27.2 Å². The normalized spacial score (nSPS) is 24.3. The molecule has 2 unspecified atom stereocenters. The van der Waals surface area contributed by atoms with E-state index in [1.54, 1.807) is 11.5 Å². The summed E-state index contributed by atoms with van der Waals surface area (Å²) in [7, 11) is 0. The maximum absolute atomic E-state index is 4.56. The Kier molecular flexibility index (Phi) is 5.92. The highest BCUT2D eigenvalue weighted by Crippen LogP contribution is 2.34. The van der Waals surface area contributed by atoms with E-state index >= 15 is 0 Å². The van der Waals surface area contributed by atoms with Crippen molar-refractivity contribution in [2.75, 3.05) is 6.54 Å². The first kappa shape index (κ1) is 14.3. The van der Waals surface area contributed by atoms with Gasteiger partial charge in [-0.1, -0.05) is 32.0 Å². The molecule has 2 atom stereocenters. The highest BCUT2D eigenvalue weighted by atomic mass is 32.2. The minimum absolute atomic E-state index is 0.717. The lowest BCUT2D eigenvalue weighted by Gasteiger charge is -2.28. The first-order valence-corrected chi connectivity index (χ1v) is 8.69. The number of hydrogen-bond acceptors (Lipinski definition) is 5. The van der Waals surface area contributed by atoms with Gasteiger partial charge >= 0.3 is 0 Å². The summed E-state index contributed by atoms with van der Waals surface area (Å²) >= 11 is 3.51. The molecule has 1 saturated carbocycles. The van der Waals surface area contributed by atoms with E-state index in [0.717, 1.165) is 34.4 Å². The smallest absolute Gasteiger partial charge is 0.170 e. The fourth-order valence-electron chi connectivity index (χ4n) is 2.36. The van der Waals surface area contributed by atoms with E-state index in [4.69, 9.17) is 0 Å². The molecule has 1 fully saturated rings. The van der Waals surface area contributed by atoms with Crippen molar-refractivity contribution in [3.63, 3.8) is 0 Å². The molecular formula is C13H23N3S2. The Morgan fingerprint density at radius 3 is 3.00 bits per heavy atom. The highest BCUT2D eigenvalue weighted by molar-refractivity contribution is 8.01. The lowest BCUT2D eigenvalue weighted by molar-refractivity contribution is 0.381. The van der Waals surface area contributed by atoms with Crippen molar-refractivity contribution in [1.29, 1.82) is 0 Å². The zero-order valence-electron chi connectivity index (χ0n) is 11.3. The summed E-state index contributed by atoms with van der Waals surface area (Å²) < 4.78 is 5.52. The van der Waals surface area contributed by atoms with Gasteiger partial charge in [-0.3, -0.25) is 0 Å². The standard InChI is InChI=1S/C13H23N3S2/c1-3-8-14-10-6-5-7-11(9-10)17-13-15-12(4-2)16-18-13/h10-11,14H,3-9H2,1-2H3. The van der Waals surface area contributed by atoms with Crippen molar-refractivity contribution >= 4 is 23.3 Å². The Bertz CT molecular complexity index is 354. The van der Waals surface area contributed by atoms with Gasteiger partial charge in [0, 0.05) is 17.7 Å². The van der Waals surface area contributed by atoms with Crippen LogP contribution in [0.25, 0.3) is 0 Å². The Morgan fingerprint density at radius 2 is 2.28 bits per heavy atom. The Hall–Kier alpha value is -0.130. The number of hydrogen-bond donors (Lipinski definition) is 1. The van der Waals surface area contributed by atoms with Crippen LogP contribution in [0.5, 0.6) is 0 Å². The van der Waals surface area contributed by atoms with Crippen LogP contribution in [0.4, 0.5) is 0 Å². The first-order chi connectivity index (χ1) is 8.81. The molecule has 0 aromatic carbocycles. The predicted octanol–water partition coefficient (Wildman–Crippen LogP) is 3.50. The van der Waals surface area contributed by atoms with E-state index in [1.807, 2.05) is 11.8 Å². The molecule has 1 aromatic rings. The van der Waals surface area contributed by atoms with E-state index in [2.05, 4.69) is 28.5 Å². The third-order valence-corrected chi connectivity index (χ3v) is 5.46. The van der Waals surface area contributed by atoms with Crippen LogP contribution in [0.15, 0.2) is 4.34 Å². The van der Waals surface area contributed by atoms with Crippen LogP contribution < -0.4 is 5.32 Å². The Morgan fingerprint density at radius 1 is 1.39 bits per heavy atom. The molecule has 0 aliphatic heterocycles. The maximum Gasteiger partial charge on any atom is 0.170 e. The lowest BCUT2D eigenvalue weighted by Crippen LogP contribution is -2.35. The number of nitrogens with zero attached hydrogens (tertiary/aromatic N) is 2. The second-order valence-electron chi connectivity index (χ2n) is 4.89. The van der Waals surface area contributed by atoms with Gasteiger partial charge in [0.15, 0.2) is 4.34 Å². The van der Waals surface area contributed by atoms with Gasteiger partial charge in [-0.2, -0.15) is 4.37 Å². The van der Waals surface area contributed by atoms with Gasteiger partial charge in [-0.25, -0.2) is 4.98 Å². The molecule has 0 saturated heterocycles. The van der Waals surface area contributed by atoms with Gasteiger partial charge in [0.1, 0.15) is 5.82 Å². The van der Waals surface area contributed by atoms with Gasteiger partial charge in [-0.05, 0) is 43.8 Å². The van der Waals surface area contributed by atoms with Gasteiger partial charge in [0.05, 0.1) is 0 Å². The maximum atomic E-state index is 4.56. The molecule has 0 spiro atoms. The fourth-order valence-corrected chi connectivity index (χ4v) is 4.61. The average molecular weight is 285 g/mol. The fraction of sp³-hybridized carbons (Fsp3) is 0.846. The van der Waals surface area contributed by atoms with Crippen LogP contribution in [0, 0.1) is 0 Å². The Balaban J connectivity index is 1.81. The van der Waals surface area contributed by atoms with Gasteiger partial charge < -0.3 is 5.32 Å². The molecular weight excluding hydrogens is 262 g/mol. The molecule has 5 heteroatoms. The van der Waals surface area contributed by atoms with Crippen molar-refractivity contribution in [1.82, 2.24) is 14.7 Å². The molecule has 1 aromatic heterocycles. The molecule has 2 rings (SSSR count). The van der Waals surface area contributed by atoms with E-state index in [1.165, 1.54) is 32.1 Å². The lowest BCUT2D eigenvalue weighted by atomic mass is 9.95. The summed E-state index contributed by atoms with van der Waals surface area (Å²) in [5.74, 6) is 0.999. The first-order valence-electron chi connectivity index (χ1n) is 7.04. The molecule has 0 amide bonds. The van der Waals surface area contributed by atoms with E-state index < -0.39 is 0 Å². The van der Waals surface area contributed by atoms with Crippen molar-refractivity contribution < 1.29 is 0 Å². The van der Waals surface area contributed by atoms with E-state index in [-0.39, 0.29) is 0 Å². The second kappa shape index (κ2) is 7.46. The number of nitrogens with one attached hydrogen (secondary N) is 1. The molecule has 18 heavy (non-hydrogen) atoms. The minimum atomic E-state index is 0.717. The van der Waals surface area contributed by atoms with Crippen LogP contribution >= 0.6 is 23.3 Å². The summed E-state index contributed by atoms with van der Waals surface area (Å²) in [5, 5.41) is 4.38. The third kappa shape index (κ3) is 4.21.